The van der Waals surface area contributed by atoms with E-state index in [4.69, 9.17) is 5.73 Å². The van der Waals surface area contributed by atoms with Gasteiger partial charge in [-0.15, -0.1) is 0 Å². The molecule has 2 heterocycles. The highest BCUT2D eigenvalue weighted by Gasteiger charge is 2.29. The number of nitrogens with zero attached hydrogens (tertiary/aromatic N) is 2. The molecular formula is C13H12N4O2. The average Bonchev–Trinajstić information content (AvgIpc) is 2.38. The molecule has 1 fully saturated rings. The largest absolute Gasteiger partial charge is 0.399 e. The quantitative estimate of drug-likeness (QED) is 0.579. The van der Waals surface area contributed by atoms with Crippen LogP contribution in [-0.4, -0.2) is 21.8 Å². The summed E-state index contributed by atoms with van der Waals surface area (Å²) in [6.07, 6.45) is 3.91. The topological polar surface area (TPSA) is 98.0 Å². The highest BCUT2D eigenvalue weighted by Crippen LogP contribution is 2.31. The third kappa shape index (κ3) is 2.01. The smallest absolute Gasteiger partial charge is 0.234 e. The molecule has 6 nitrogen and oxygen atoms in total. The number of carbonyl (C=O) groups excluding carboxylic acids is 2. The summed E-state index contributed by atoms with van der Waals surface area (Å²) in [5.41, 5.74) is 7.87. The van der Waals surface area contributed by atoms with Crippen LogP contribution in [-0.2, 0) is 9.59 Å². The number of rotatable bonds is 1. The number of hydrogen-bond donors (Lipinski definition) is 2. The number of hydrogen-bond acceptors (Lipinski definition) is 5. The molecule has 0 saturated carbocycles. The fourth-order valence-electron chi connectivity index (χ4n) is 2.41. The van der Waals surface area contributed by atoms with Crippen LogP contribution in [0.4, 0.5) is 5.69 Å². The van der Waals surface area contributed by atoms with Gasteiger partial charge in [0.25, 0.3) is 0 Å². The zero-order chi connectivity index (χ0) is 13.4. The zero-order valence-corrected chi connectivity index (χ0v) is 10.1. The minimum atomic E-state index is -0.390. The van der Waals surface area contributed by atoms with Gasteiger partial charge < -0.3 is 5.73 Å². The molecule has 19 heavy (non-hydrogen) atoms. The molecule has 3 N–H and O–H groups in total. The van der Waals surface area contributed by atoms with Gasteiger partial charge in [-0.05, 0) is 24.1 Å². The first-order chi connectivity index (χ1) is 9.15. The third-order valence-corrected chi connectivity index (χ3v) is 3.27. The van der Waals surface area contributed by atoms with Gasteiger partial charge in [-0.3, -0.25) is 14.9 Å². The van der Waals surface area contributed by atoms with E-state index >= 15 is 0 Å². The van der Waals surface area contributed by atoms with Crippen LogP contribution in [0.1, 0.15) is 24.3 Å². The van der Waals surface area contributed by atoms with Crippen LogP contribution in [0.2, 0.25) is 0 Å². The Morgan fingerprint density at radius 1 is 1.32 bits per heavy atom. The minimum Gasteiger partial charge on any atom is -0.399 e. The number of fused-ring (bicyclic) bond motifs is 1. The van der Waals surface area contributed by atoms with Crippen molar-refractivity contribution in [3.8, 4) is 0 Å². The molecular weight excluding hydrogens is 244 g/mol. The maximum atomic E-state index is 11.9. The van der Waals surface area contributed by atoms with Crippen LogP contribution in [0.15, 0.2) is 24.7 Å². The van der Waals surface area contributed by atoms with Gasteiger partial charge in [0.1, 0.15) is 6.33 Å². The Morgan fingerprint density at radius 3 is 2.95 bits per heavy atom. The van der Waals surface area contributed by atoms with Crippen LogP contribution < -0.4 is 11.1 Å². The Labute approximate surface area is 109 Å². The fraction of sp³-hybridized carbons (Fsp3) is 0.231. The van der Waals surface area contributed by atoms with Crippen LogP contribution in [0.25, 0.3) is 10.9 Å². The molecule has 0 radical (unpaired) electrons. The van der Waals surface area contributed by atoms with E-state index in [2.05, 4.69) is 15.3 Å². The van der Waals surface area contributed by atoms with Gasteiger partial charge in [0.05, 0.1) is 11.4 Å². The zero-order valence-electron chi connectivity index (χ0n) is 10.1. The van der Waals surface area contributed by atoms with Crippen molar-refractivity contribution < 1.29 is 9.59 Å². The van der Waals surface area contributed by atoms with Gasteiger partial charge in [-0.25, -0.2) is 9.97 Å². The summed E-state index contributed by atoms with van der Waals surface area (Å²) in [4.78, 5) is 31.3. The van der Waals surface area contributed by atoms with Crippen LogP contribution in [0.5, 0.6) is 0 Å². The van der Waals surface area contributed by atoms with Gasteiger partial charge in [-0.2, -0.15) is 0 Å². The molecule has 0 spiro atoms. The van der Waals surface area contributed by atoms with Crippen LogP contribution in [0.3, 0.4) is 0 Å². The second-order valence-corrected chi connectivity index (χ2v) is 4.57. The molecule has 1 aromatic heterocycles. The molecule has 0 bridgehead atoms. The first kappa shape index (κ1) is 11.6. The number of piperidine rings is 1. The van der Waals surface area contributed by atoms with Crippen molar-refractivity contribution in [3.63, 3.8) is 0 Å². The van der Waals surface area contributed by atoms with E-state index in [1.807, 2.05) is 0 Å². The summed E-state index contributed by atoms with van der Waals surface area (Å²) in [6, 6.07) is 3.51. The molecule has 96 valence electrons. The summed E-state index contributed by atoms with van der Waals surface area (Å²) < 4.78 is 0. The van der Waals surface area contributed by atoms with Gasteiger partial charge in [-0.1, -0.05) is 0 Å². The van der Waals surface area contributed by atoms with Crippen molar-refractivity contribution in [1.82, 2.24) is 15.3 Å². The molecule has 6 heteroatoms. The number of imide groups is 1. The van der Waals surface area contributed by atoms with Crippen molar-refractivity contribution in [3.05, 3.63) is 30.2 Å². The summed E-state index contributed by atoms with van der Waals surface area (Å²) >= 11 is 0. The number of nitrogen functional groups attached to an aromatic ring is 1. The number of anilines is 1. The Balaban J connectivity index is 2.14. The molecule has 1 unspecified atom stereocenters. The Morgan fingerprint density at radius 2 is 2.16 bits per heavy atom. The number of aromatic nitrogens is 2. The third-order valence-electron chi connectivity index (χ3n) is 3.27. The summed E-state index contributed by atoms with van der Waals surface area (Å²) in [5.74, 6) is -0.913. The number of carbonyl (C=O) groups is 2. The van der Waals surface area contributed by atoms with E-state index < -0.39 is 5.92 Å². The average molecular weight is 256 g/mol. The maximum absolute atomic E-state index is 11.9. The first-order valence-corrected chi connectivity index (χ1v) is 5.98. The molecule has 2 aromatic rings. The van der Waals surface area contributed by atoms with E-state index in [1.165, 1.54) is 6.33 Å². The van der Waals surface area contributed by atoms with E-state index in [0.717, 1.165) is 10.9 Å². The van der Waals surface area contributed by atoms with Gasteiger partial charge in [0.2, 0.25) is 11.8 Å². The summed E-state index contributed by atoms with van der Waals surface area (Å²) in [5, 5.41) is 3.14. The van der Waals surface area contributed by atoms with E-state index in [0.29, 0.717) is 24.0 Å². The number of benzene rings is 1. The molecule has 1 saturated heterocycles. The molecule has 0 aliphatic carbocycles. The highest BCUT2D eigenvalue weighted by molar-refractivity contribution is 6.02. The number of amides is 2. The maximum Gasteiger partial charge on any atom is 0.234 e. The fourth-order valence-corrected chi connectivity index (χ4v) is 2.41. The lowest BCUT2D eigenvalue weighted by Gasteiger charge is -2.22. The Bertz CT molecular complexity index is 683. The molecule has 1 aliphatic rings. The predicted octanol–water partition coefficient (Wildman–Crippen LogP) is 0.732. The number of nitrogens with two attached hydrogens (primary N) is 1. The standard InChI is InChI=1S/C13H12N4O2/c14-8-3-7-5-15-6-16-12(7)10(4-8)9-1-2-11(18)17-13(9)19/h3-6,9H,1-2,14H2,(H,17,18,19). The number of nitrogens with one attached hydrogen (secondary N) is 1. The lowest BCUT2D eigenvalue weighted by atomic mass is 9.89. The second-order valence-electron chi connectivity index (χ2n) is 4.57. The van der Waals surface area contributed by atoms with E-state index in [1.54, 1.807) is 18.3 Å². The molecule has 2 amide bonds. The lowest BCUT2D eigenvalue weighted by molar-refractivity contribution is -0.134. The second kappa shape index (κ2) is 4.31. The van der Waals surface area contributed by atoms with Crippen LogP contribution in [0, 0.1) is 0 Å². The Kier molecular flexibility index (Phi) is 2.63. The van der Waals surface area contributed by atoms with Crippen molar-refractivity contribution >= 4 is 28.4 Å². The molecule has 1 atom stereocenters. The van der Waals surface area contributed by atoms with Gasteiger partial charge >= 0.3 is 0 Å². The van der Waals surface area contributed by atoms with E-state index in [-0.39, 0.29) is 11.8 Å². The first-order valence-electron chi connectivity index (χ1n) is 5.98. The highest BCUT2D eigenvalue weighted by atomic mass is 16.2. The van der Waals surface area contributed by atoms with E-state index in [9.17, 15) is 9.59 Å². The van der Waals surface area contributed by atoms with Crippen LogP contribution >= 0.6 is 0 Å². The van der Waals surface area contributed by atoms with Gasteiger partial charge in [0, 0.05) is 23.7 Å². The Hall–Kier alpha value is -2.50. The SMILES string of the molecule is Nc1cc(C2CCC(=O)NC2=O)c2ncncc2c1. The normalized spacial score (nSPS) is 19.5. The van der Waals surface area contributed by atoms with Crippen molar-refractivity contribution in [2.45, 2.75) is 18.8 Å². The van der Waals surface area contributed by atoms with Crippen molar-refractivity contribution in [1.29, 1.82) is 0 Å². The lowest BCUT2D eigenvalue weighted by Crippen LogP contribution is -2.39. The molecule has 1 aromatic carbocycles. The monoisotopic (exact) mass is 256 g/mol. The van der Waals surface area contributed by atoms with Gasteiger partial charge in [0.15, 0.2) is 0 Å². The summed E-state index contributed by atoms with van der Waals surface area (Å²) in [7, 11) is 0. The predicted molar refractivity (Wildman–Crippen MR) is 69.1 cm³/mol. The molecule has 3 rings (SSSR count). The summed E-state index contributed by atoms with van der Waals surface area (Å²) in [6.45, 7) is 0. The molecule has 1 aliphatic heterocycles. The van der Waals surface area contributed by atoms with Crippen molar-refractivity contribution in [2.75, 3.05) is 5.73 Å². The van der Waals surface area contributed by atoms with Crippen molar-refractivity contribution in [2.24, 2.45) is 0 Å². The minimum absolute atomic E-state index is 0.232.